The zero-order valence-corrected chi connectivity index (χ0v) is 12.7. The molecule has 0 unspecified atom stereocenters. The van der Waals surface area contributed by atoms with E-state index in [2.05, 4.69) is 9.97 Å². The summed E-state index contributed by atoms with van der Waals surface area (Å²) in [6, 6.07) is 3.89. The molecule has 2 saturated heterocycles. The zero-order valence-electron chi connectivity index (χ0n) is 12.7. The van der Waals surface area contributed by atoms with Gasteiger partial charge in [-0.05, 0) is 43.2 Å². The molecule has 2 aromatic rings. The number of fused-ring (bicyclic) bond motifs is 1. The fraction of sp³-hybridized carbons (Fsp3) is 0.529. The van der Waals surface area contributed by atoms with Crippen LogP contribution in [-0.2, 0) is 4.74 Å². The molecule has 4 rings (SSSR count). The first-order chi connectivity index (χ1) is 10.8. The number of pyridine rings is 1. The summed E-state index contributed by atoms with van der Waals surface area (Å²) in [6.07, 6.45) is 7.99. The SMILES string of the molecule is O=C(c1cnc2[nH]ccc2c1)N1CCCC2(CCOCC2)C1. The number of hydrogen-bond donors (Lipinski definition) is 1. The Bertz CT molecular complexity index is 683. The average molecular weight is 299 g/mol. The highest BCUT2D eigenvalue weighted by molar-refractivity contribution is 5.97. The Balaban J connectivity index is 1.56. The first kappa shape index (κ1) is 13.8. The molecule has 0 aromatic carbocycles. The van der Waals surface area contributed by atoms with Crippen LogP contribution in [0.25, 0.3) is 11.0 Å². The van der Waals surface area contributed by atoms with Gasteiger partial charge in [0, 0.05) is 44.1 Å². The Kier molecular flexibility index (Phi) is 3.37. The van der Waals surface area contributed by atoms with Crippen molar-refractivity contribution < 1.29 is 9.53 Å². The number of amides is 1. The van der Waals surface area contributed by atoms with Gasteiger partial charge in [-0.15, -0.1) is 0 Å². The maximum atomic E-state index is 12.8. The minimum Gasteiger partial charge on any atom is -0.381 e. The molecule has 2 aliphatic heterocycles. The van der Waals surface area contributed by atoms with Crippen molar-refractivity contribution >= 4 is 16.9 Å². The smallest absolute Gasteiger partial charge is 0.255 e. The molecule has 5 nitrogen and oxygen atoms in total. The van der Waals surface area contributed by atoms with Crippen molar-refractivity contribution in [3.8, 4) is 0 Å². The standard InChI is InChI=1S/C17H21N3O2/c21-16(14-10-13-2-6-18-15(13)19-11-14)20-7-1-3-17(12-20)4-8-22-9-5-17/h2,6,10-11H,1,3-5,7-9,12H2,(H,18,19). The molecule has 2 aromatic heterocycles. The Morgan fingerprint density at radius 1 is 1.32 bits per heavy atom. The predicted octanol–water partition coefficient (Wildman–Crippen LogP) is 2.60. The summed E-state index contributed by atoms with van der Waals surface area (Å²) in [5.41, 5.74) is 1.80. The number of carbonyl (C=O) groups is 1. The van der Waals surface area contributed by atoms with E-state index >= 15 is 0 Å². The van der Waals surface area contributed by atoms with Gasteiger partial charge in [-0.1, -0.05) is 0 Å². The van der Waals surface area contributed by atoms with Crippen LogP contribution in [0.5, 0.6) is 0 Å². The predicted molar refractivity (Wildman–Crippen MR) is 83.7 cm³/mol. The van der Waals surface area contributed by atoms with Gasteiger partial charge >= 0.3 is 0 Å². The first-order valence-corrected chi connectivity index (χ1v) is 8.06. The third-order valence-electron chi connectivity index (χ3n) is 5.15. The van der Waals surface area contributed by atoms with Crippen LogP contribution in [0.3, 0.4) is 0 Å². The lowest BCUT2D eigenvalue weighted by Gasteiger charge is -2.45. The molecule has 2 aliphatic rings. The summed E-state index contributed by atoms with van der Waals surface area (Å²) in [6.45, 7) is 3.38. The van der Waals surface area contributed by atoms with Crippen LogP contribution in [0.15, 0.2) is 24.5 Å². The van der Waals surface area contributed by atoms with Crippen molar-refractivity contribution in [2.45, 2.75) is 25.7 Å². The lowest BCUT2D eigenvalue weighted by Crippen LogP contribution is -2.48. The topological polar surface area (TPSA) is 58.2 Å². The van der Waals surface area contributed by atoms with Gasteiger partial charge in [-0.25, -0.2) is 4.98 Å². The Morgan fingerprint density at radius 2 is 2.18 bits per heavy atom. The van der Waals surface area contributed by atoms with Gasteiger partial charge < -0.3 is 14.6 Å². The Morgan fingerprint density at radius 3 is 3.05 bits per heavy atom. The number of carbonyl (C=O) groups excluding carboxylic acids is 1. The second kappa shape index (κ2) is 5.39. The molecule has 0 saturated carbocycles. The van der Waals surface area contributed by atoms with Gasteiger partial charge in [0.05, 0.1) is 5.56 Å². The average Bonchev–Trinajstić information content (AvgIpc) is 3.02. The fourth-order valence-electron chi connectivity index (χ4n) is 3.83. The third-order valence-corrected chi connectivity index (χ3v) is 5.15. The van der Waals surface area contributed by atoms with Crippen molar-refractivity contribution in [1.82, 2.24) is 14.9 Å². The molecular formula is C17H21N3O2. The number of rotatable bonds is 1. The minimum absolute atomic E-state index is 0.112. The number of likely N-dealkylation sites (tertiary alicyclic amines) is 1. The van der Waals surface area contributed by atoms with E-state index in [0.29, 0.717) is 5.56 Å². The molecule has 0 bridgehead atoms. The van der Waals surface area contributed by atoms with E-state index in [1.54, 1.807) is 6.20 Å². The van der Waals surface area contributed by atoms with Crippen LogP contribution in [0.4, 0.5) is 0 Å². The van der Waals surface area contributed by atoms with E-state index in [0.717, 1.165) is 56.6 Å². The molecule has 0 atom stereocenters. The number of nitrogens with zero attached hydrogens (tertiary/aromatic N) is 2. The van der Waals surface area contributed by atoms with Crippen LogP contribution in [0.1, 0.15) is 36.0 Å². The third kappa shape index (κ3) is 2.39. The number of aromatic nitrogens is 2. The van der Waals surface area contributed by atoms with Gasteiger partial charge in [0.25, 0.3) is 5.91 Å². The van der Waals surface area contributed by atoms with E-state index in [9.17, 15) is 4.79 Å². The monoisotopic (exact) mass is 299 g/mol. The van der Waals surface area contributed by atoms with Crippen LogP contribution in [0, 0.1) is 5.41 Å². The molecule has 2 fully saturated rings. The molecule has 5 heteroatoms. The van der Waals surface area contributed by atoms with Crippen LogP contribution >= 0.6 is 0 Å². The van der Waals surface area contributed by atoms with E-state index in [-0.39, 0.29) is 11.3 Å². The quantitative estimate of drug-likeness (QED) is 0.880. The Labute approximate surface area is 129 Å². The van der Waals surface area contributed by atoms with Gasteiger partial charge in [-0.2, -0.15) is 0 Å². The van der Waals surface area contributed by atoms with Crippen LogP contribution < -0.4 is 0 Å². The fourth-order valence-corrected chi connectivity index (χ4v) is 3.83. The molecule has 1 spiro atoms. The molecule has 1 N–H and O–H groups in total. The van der Waals surface area contributed by atoms with Crippen molar-refractivity contribution in [1.29, 1.82) is 0 Å². The molecule has 1 amide bonds. The minimum atomic E-state index is 0.112. The van der Waals surface area contributed by atoms with Crippen LogP contribution in [0.2, 0.25) is 0 Å². The van der Waals surface area contributed by atoms with Crippen molar-refractivity contribution in [2.75, 3.05) is 26.3 Å². The number of ether oxygens (including phenoxy) is 1. The van der Waals surface area contributed by atoms with Gasteiger partial charge in [-0.3, -0.25) is 4.79 Å². The normalized spacial score (nSPS) is 21.4. The number of aromatic amines is 1. The van der Waals surface area contributed by atoms with E-state index in [1.807, 2.05) is 23.2 Å². The van der Waals surface area contributed by atoms with E-state index < -0.39 is 0 Å². The summed E-state index contributed by atoms with van der Waals surface area (Å²) < 4.78 is 5.50. The molecule has 4 heterocycles. The summed E-state index contributed by atoms with van der Waals surface area (Å²) >= 11 is 0. The second-order valence-corrected chi connectivity index (χ2v) is 6.58. The number of piperidine rings is 1. The molecular weight excluding hydrogens is 278 g/mol. The van der Waals surface area contributed by atoms with Crippen molar-refractivity contribution in [2.24, 2.45) is 5.41 Å². The summed E-state index contributed by atoms with van der Waals surface area (Å²) in [4.78, 5) is 22.3. The van der Waals surface area contributed by atoms with Crippen molar-refractivity contribution in [3.05, 3.63) is 30.1 Å². The number of nitrogens with one attached hydrogen (secondary N) is 1. The maximum absolute atomic E-state index is 12.8. The van der Waals surface area contributed by atoms with Gasteiger partial charge in [0.1, 0.15) is 5.65 Å². The van der Waals surface area contributed by atoms with E-state index in [1.165, 1.54) is 6.42 Å². The number of hydrogen-bond acceptors (Lipinski definition) is 3. The maximum Gasteiger partial charge on any atom is 0.255 e. The largest absolute Gasteiger partial charge is 0.381 e. The van der Waals surface area contributed by atoms with Crippen molar-refractivity contribution in [3.63, 3.8) is 0 Å². The number of H-pyrrole nitrogens is 1. The highest BCUT2D eigenvalue weighted by atomic mass is 16.5. The van der Waals surface area contributed by atoms with Gasteiger partial charge in [0.15, 0.2) is 0 Å². The lowest BCUT2D eigenvalue weighted by molar-refractivity contribution is -0.0229. The second-order valence-electron chi connectivity index (χ2n) is 6.58. The molecule has 0 aliphatic carbocycles. The zero-order chi connectivity index (χ0) is 15.0. The highest BCUT2D eigenvalue weighted by Gasteiger charge is 2.38. The van der Waals surface area contributed by atoms with Crippen LogP contribution in [-0.4, -0.2) is 47.1 Å². The van der Waals surface area contributed by atoms with E-state index in [4.69, 9.17) is 4.74 Å². The summed E-state index contributed by atoms with van der Waals surface area (Å²) in [7, 11) is 0. The summed E-state index contributed by atoms with van der Waals surface area (Å²) in [5, 5.41) is 0.989. The molecule has 116 valence electrons. The summed E-state index contributed by atoms with van der Waals surface area (Å²) in [5.74, 6) is 0.112. The highest BCUT2D eigenvalue weighted by Crippen LogP contribution is 2.39. The first-order valence-electron chi connectivity index (χ1n) is 8.06. The molecule has 0 radical (unpaired) electrons. The lowest BCUT2D eigenvalue weighted by atomic mass is 9.74. The molecule has 22 heavy (non-hydrogen) atoms. The Hall–Kier alpha value is -1.88. The van der Waals surface area contributed by atoms with Gasteiger partial charge in [0.2, 0.25) is 0 Å².